The zero-order valence-corrected chi connectivity index (χ0v) is 32.2. The van der Waals surface area contributed by atoms with Crippen molar-refractivity contribution in [3.63, 3.8) is 0 Å². The van der Waals surface area contributed by atoms with E-state index in [1.165, 1.54) is 0 Å². The Morgan fingerprint density at radius 1 is 0.896 bits per heavy atom. The molecule has 0 radical (unpaired) electrons. The van der Waals surface area contributed by atoms with E-state index in [1.54, 1.807) is 6.92 Å². The number of carboxylic acid groups (broad SMARTS) is 1. The largest absolute Gasteiger partial charge is 0.481 e. The Kier molecular flexibility index (Phi) is 47.9. The van der Waals surface area contributed by atoms with E-state index < -0.39 is 34.4 Å². The lowest BCUT2D eigenvalue weighted by atomic mass is 10.2. The molecule has 0 saturated carbocycles. The number of aliphatic carboxylic acids is 1. The zero-order valence-electron chi connectivity index (χ0n) is 27.4. The van der Waals surface area contributed by atoms with E-state index in [4.69, 9.17) is 72.4 Å². The number of rotatable bonds is 11. The van der Waals surface area contributed by atoms with Gasteiger partial charge >= 0.3 is 5.97 Å². The second-order valence-electron chi connectivity index (χ2n) is 9.72. The Bertz CT molecular complexity index is 721. The SMILES string of the molecule is C.CCC(O)CC(=O)O.CCC(O)CN.CCC(O)CO.ClCC1CO1.O=S1(=O)CCC(O)CO1.OC(CBr)CBr.OCC1COCO1. The molecule has 10 N–H and O–H groups in total. The van der Waals surface area contributed by atoms with Crippen LogP contribution in [0.25, 0.3) is 0 Å². The summed E-state index contributed by atoms with van der Waals surface area (Å²) in [7, 11) is -3.28. The molecule has 3 fully saturated rings. The lowest BCUT2D eigenvalue weighted by Gasteiger charge is -2.15. The van der Waals surface area contributed by atoms with Gasteiger partial charge in [0.25, 0.3) is 10.1 Å². The van der Waals surface area contributed by atoms with Crippen LogP contribution >= 0.6 is 43.5 Å². The quantitative estimate of drug-likeness (QED) is 0.0779. The van der Waals surface area contributed by atoms with Gasteiger partial charge in [-0.05, 0) is 25.7 Å². The molecule has 0 aromatic carbocycles. The van der Waals surface area contributed by atoms with Crippen LogP contribution in [-0.2, 0) is 33.3 Å². The summed E-state index contributed by atoms with van der Waals surface area (Å²) in [6.45, 7) is 7.48. The number of halogens is 3. The summed E-state index contributed by atoms with van der Waals surface area (Å²) < 4.78 is 39.5. The molecule has 48 heavy (non-hydrogen) atoms. The van der Waals surface area contributed by atoms with Crippen LogP contribution in [0.2, 0.25) is 0 Å². The highest BCUT2D eigenvalue weighted by Gasteiger charge is 2.22. The smallest absolute Gasteiger partial charge is 0.305 e. The van der Waals surface area contributed by atoms with Crippen LogP contribution in [0.15, 0.2) is 0 Å². The van der Waals surface area contributed by atoms with Crippen molar-refractivity contribution in [2.75, 3.05) is 68.7 Å². The molecule has 0 aromatic rings. The zero-order chi connectivity index (χ0) is 37.3. The van der Waals surface area contributed by atoms with Gasteiger partial charge in [-0.25, -0.2) is 0 Å². The number of aliphatic hydroxyl groups excluding tert-OH is 7. The van der Waals surface area contributed by atoms with Crippen molar-refractivity contribution >= 4 is 59.5 Å². The summed E-state index contributed by atoms with van der Waals surface area (Å²) in [4.78, 5) is 9.81. The molecule has 0 bridgehead atoms. The van der Waals surface area contributed by atoms with Crippen LogP contribution in [-0.4, -0.2) is 167 Å². The van der Waals surface area contributed by atoms with Crippen molar-refractivity contribution in [3.05, 3.63) is 0 Å². The number of hydrogen-bond donors (Lipinski definition) is 9. The molecular weight excluding hydrogens is 818 g/mol. The van der Waals surface area contributed by atoms with Gasteiger partial charge < -0.3 is 60.8 Å². The van der Waals surface area contributed by atoms with Crippen LogP contribution in [0.3, 0.4) is 0 Å². The van der Waals surface area contributed by atoms with Gasteiger partial charge in [0, 0.05) is 17.2 Å². The average Bonchev–Trinajstić information content (AvgIpc) is 3.78. The highest BCUT2D eigenvalue weighted by molar-refractivity contribution is 9.09. The molecular formula is C28H62Br2ClNO15S. The predicted octanol–water partition coefficient (Wildman–Crippen LogP) is 0.544. The Hall–Kier alpha value is 0.190. The molecule has 3 aliphatic rings. The fraction of sp³-hybridized carbons (Fsp3) is 0.964. The molecule has 3 saturated heterocycles. The summed E-state index contributed by atoms with van der Waals surface area (Å²) in [6, 6.07) is 0. The number of hydrogen-bond acceptors (Lipinski definition) is 15. The van der Waals surface area contributed by atoms with Gasteiger partial charge in [0.15, 0.2) is 0 Å². The average molecular weight is 880 g/mol. The molecule has 3 heterocycles. The highest BCUT2D eigenvalue weighted by Crippen LogP contribution is 2.09. The second kappa shape index (κ2) is 40.0. The van der Waals surface area contributed by atoms with Crippen LogP contribution in [0.5, 0.6) is 0 Å². The van der Waals surface area contributed by atoms with E-state index in [0.29, 0.717) is 61.9 Å². The monoisotopic (exact) mass is 877 g/mol. The second-order valence-corrected chi connectivity index (χ2v) is 13.1. The van der Waals surface area contributed by atoms with Gasteiger partial charge in [0.05, 0.1) is 87.7 Å². The first-order valence-corrected chi connectivity index (χ1v) is 19.3. The van der Waals surface area contributed by atoms with Crippen molar-refractivity contribution in [1.82, 2.24) is 0 Å². The Morgan fingerprint density at radius 3 is 1.54 bits per heavy atom. The van der Waals surface area contributed by atoms with Crippen LogP contribution < -0.4 is 5.73 Å². The Labute approximate surface area is 308 Å². The number of epoxide rings is 1. The lowest BCUT2D eigenvalue weighted by Crippen LogP contribution is -2.29. The standard InChI is InChI=1S/C5H10O3.C4H11NO.C4H8O4S.C4H8O3.C4H10O2.C3H6Br2O.C3H5ClO.CH4/c1-2-4(6)3-5(7)8;1-2-4(6)3-5;5-4-1-2-9(6,7)8-3-4;5-1-4-2-6-3-7-4;1-2-4(6)3-5;4-1-3(6)2-5;4-1-3-2-5-3;/h4,6H,2-3H2,1H3,(H,7,8);4,6H,2-3,5H2,1H3;4-5H,1-3H2;4-5H,1-3H2;4-6H,2-3H2,1H3;3,6H,1-2H2;3H,1-2H2;1H4. The first-order chi connectivity index (χ1) is 22.1. The maximum Gasteiger partial charge on any atom is 0.305 e. The van der Waals surface area contributed by atoms with Crippen LogP contribution in [0.4, 0.5) is 0 Å². The summed E-state index contributed by atoms with van der Waals surface area (Å²) >= 11 is 11.5. The molecule has 0 aliphatic carbocycles. The third-order valence-corrected chi connectivity index (χ3v) is 8.34. The highest BCUT2D eigenvalue weighted by atomic mass is 79.9. The van der Waals surface area contributed by atoms with E-state index >= 15 is 0 Å². The third-order valence-electron chi connectivity index (χ3n) is 5.27. The number of ether oxygens (including phenoxy) is 3. The van der Waals surface area contributed by atoms with Crippen molar-refractivity contribution in [1.29, 1.82) is 0 Å². The van der Waals surface area contributed by atoms with E-state index in [1.807, 2.05) is 13.8 Å². The van der Waals surface area contributed by atoms with Gasteiger partial charge in [-0.1, -0.05) is 60.1 Å². The van der Waals surface area contributed by atoms with Gasteiger partial charge in [-0.2, -0.15) is 8.42 Å². The number of carboxylic acids is 1. The normalized spacial score (nSPS) is 21.6. The molecule has 0 aromatic heterocycles. The lowest BCUT2D eigenvalue weighted by molar-refractivity contribution is -0.139. The van der Waals surface area contributed by atoms with Crippen molar-refractivity contribution in [2.24, 2.45) is 5.73 Å². The van der Waals surface area contributed by atoms with Gasteiger partial charge in [0.1, 0.15) is 12.9 Å². The van der Waals surface area contributed by atoms with E-state index in [-0.39, 0.29) is 57.7 Å². The molecule has 16 nitrogen and oxygen atoms in total. The molecule has 3 aliphatic heterocycles. The maximum atomic E-state index is 10.5. The maximum absolute atomic E-state index is 10.5. The van der Waals surface area contributed by atoms with Crippen LogP contribution in [0, 0.1) is 0 Å². The first kappa shape index (κ1) is 57.5. The Balaban J connectivity index is -0.000000150. The molecule has 6 unspecified atom stereocenters. The summed E-state index contributed by atoms with van der Waals surface area (Å²) in [5, 5.41) is 68.7. The topological polar surface area (TPSA) is 279 Å². The fourth-order valence-corrected chi connectivity index (χ4v) is 4.22. The molecule has 3 rings (SSSR count). The van der Waals surface area contributed by atoms with Crippen LogP contribution in [0.1, 0.15) is 60.3 Å². The van der Waals surface area contributed by atoms with E-state index in [9.17, 15) is 13.2 Å². The van der Waals surface area contributed by atoms with Crippen molar-refractivity contribution in [3.8, 4) is 0 Å². The van der Waals surface area contributed by atoms with Gasteiger partial charge in [-0.3, -0.25) is 8.98 Å². The third kappa shape index (κ3) is 48.3. The number of aliphatic hydroxyl groups is 7. The van der Waals surface area contributed by atoms with Gasteiger partial charge in [-0.15, -0.1) is 11.6 Å². The Morgan fingerprint density at radius 2 is 1.42 bits per heavy atom. The number of alkyl halides is 3. The minimum atomic E-state index is -3.28. The minimum Gasteiger partial charge on any atom is -0.481 e. The molecule has 0 spiro atoms. The molecule has 0 amide bonds. The predicted molar refractivity (Wildman–Crippen MR) is 191 cm³/mol. The van der Waals surface area contributed by atoms with Crippen molar-refractivity contribution in [2.45, 2.75) is 103 Å². The summed E-state index contributed by atoms with van der Waals surface area (Å²) in [6.07, 6.45) is 0.0793. The number of nitrogens with two attached hydrogens (primary N) is 1. The van der Waals surface area contributed by atoms with Crippen molar-refractivity contribution < 1.29 is 72.5 Å². The molecule has 20 heteroatoms. The number of carbonyl (C=O) groups is 1. The van der Waals surface area contributed by atoms with Gasteiger partial charge in [0.2, 0.25) is 0 Å². The molecule has 6 atom stereocenters. The molecule has 296 valence electrons. The van der Waals surface area contributed by atoms with E-state index in [0.717, 1.165) is 13.0 Å². The first-order valence-electron chi connectivity index (χ1n) is 15.0. The minimum absolute atomic E-state index is 0. The fourth-order valence-electron chi connectivity index (χ4n) is 1.92. The summed E-state index contributed by atoms with van der Waals surface area (Å²) in [5.74, 6) is -0.340. The van der Waals surface area contributed by atoms with E-state index in [2.05, 4.69) is 36.0 Å². The summed E-state index contributed by atoms with van der Waals surface area (Å²) in [5.41, 5.74) is 5.03.